The van der Waals surface area contributed by atoms with Crippen LogP contribution in [0.2, 0.25) is 0 Å². The molecule has 1 saturated heterocycles. The van der Waals surface area contributed by atoms with Crippen molar-refractivity contribution in [1.29, 1.82) is 0 Å². The van der Waals surface area contributed by atoms with E-state index in [2.05, 4.69) is 15.0 Å². The van der Waals surface area contributed by atoms with Gasteiger partial charge in [-0.1, -0.05) is 18.2 Å². The number of carbonyl (C=O) groups is 1. The molecule has 0 bridgehead atoms. The van der Waals surface area contributed by atoms with Gasteiger partial charge in [-0.15, -0.1) is 0 Å². The van der Waals surface area contributed by atoms with E-state index in [4.69, 9.17) is 0 Å². The summed E-state index contributed by atoms with van der Waals surface area (Å²) < 4.78 is 0. The van der Waals surface area contributed by atoms with Crippen molar-refractivity contribution < 1.29 is 4.79 Å². The zero-order valence-corrected chi connectivity index (χ0v) is 14.9. The van der Waals surface area contributed by atoms with E-state index in [9.17, 15) is 4.79 Å². The van der Waals surface area contributed by atoms with Gasteiger partial charge in [0.2, 0.25) is 0 Å². The molecule has 3 heterocycles. The number of aromatic nitrogens is 3. The fourth-order valence-electron chi connectivity index (χ4n) is 3.61. The number of amides is 1. The highest BCUT2D eigenvalue weighted by Gasteiger charge is 2.29. The van der Waals surface area contributed by atoms with E-state index in [1.165, 1.54) is 0 Å². The number of nitrogens with one attached hydrogen (secondary N) is 1. The summed E-state index contributed by atoms with van der Waals surface area (Å²) in [5, 5.41) is 0. The predicted molar refractivity (Wildman–Crippen MR) is 101 cm³/mol. The molecular weight excluding hydrogens is 324 g/mol. The molecule has 3 aromatic rings. The van der Waals surface area contributed by atoms with Gasteiger partial charge in [-0.2, -0.15) is 0 Å². The number of hydrogen-bond donors (Lipinski definition) is 1. The van der Waals surface area contributed by atoms with Crippen LogP contribution in [-0.2, 0) is 0 Å². The van der Waals surface area contributed by atoms with E-state index in [0.717, 1.165) is 48.6 Å². The lowest BCUT2D eigenvalue weighted by Gasteiger charge is -2.35. The van der Waals surface area contributed by atoms with E-state index >= 15 is 0 Å². The van der Waals surface area contributed by atoms with Crippen molar-refractivity contribution in [3.8, 4) is 11.3 Å². The van der Waals surface area contributed by atoms with Gasteiger partial charge in [-0.05, 0) is 50.5 Å². The quantitative estimate of drug-likeness (QED) is 0.775. The van der Waals surface area contributed by atoms with Crippen LogP contribution in [0.25, 0.3) is 11.3 Å². The zero-order valence-electron chi connectivity index (χ0n) is 14.9. The number of aromatic amines is 1. The van der Waals surface area contributed by atoms with Crippen molar-refractivity contribution in [2.75, 3.05) is 6.54 Å². The van der Waals surface area contributed by atoms with Crippen molar-refractivity contribution in [2.45, 2.75) is 32.2 Å². The van der Waals surface area contributed by atoms with Crippen LogP contribution in [0.3, 0.4) is 0 Å². The third kappa shape index (κ3) is 3.25. The Labute approximate surface area is 153 Å². The zero-order chi connectivity index (χ0) is 17.9. The summed E-state index contributed by atoms with van der Waals surface area (Å²) in [6, 6.07) is 13.7. The molecule has 0 saturated carbocycles. The molecule has 26 heavy (non-hydrogen) atoms. The minimum Gasteiger partial charge on any atom is -0.342 e. The molecule has 1 fully saturated rings. The monoisotopic (exact) mass is 346 g/mol. The van der Waals surface area contributed by atoms with Gasteiger partial charge in [0.1, 0.15) is 5.82 Å². The minimum atomic E-state index is 0.0514. The molecule has 1 atom stereocenters. The normalized spacial score (nSPS) is 17.3. The first-order chi connectivity index (χ1) is 12.7. The molecule has 5 nitrogen and oxygen atoms in total. The Morgan fingerprint density at radius 2 is 2.08 bits per heavy atom. The lowest BCUT2D eigenvalue weighted by atomic mass is 9.97. The lowest BCUT2D eigenvalue weighted by Crippen LogP contribution is -2.38. The fraction of sp³-hybridized carbons (Fsp3) is 0.286. The highest BCUT2D eigenvalue weighted by Crippen LogP contribution is 2.31. The maximum Gasteiger partial charge on any atom is 0.254 e. The summed E-state index contributed by atoms with van der Waals surface area (Å²) in [6.45, 7) is 2.69. The van der Waals surface area contributed by atoms with Crippen molar-refractivity contribution in [3.63, 3.8) is 0 Å². The van der Waals surface area contributed by atoms with Crippen LogP contribution in [0, 0.1) is 6.92 Å². The van der Waals surface area contributed by atoms with Gasteiger partial charge < -0.3 is 9.88 Å². The van der Waals surface area contributed by atoms with Crippen LogP contribution in [-0.4, -0.2) is 32.3 Å². The molecule has 5 heteroatoms. The third-order valence-electron chi connectivity index (χ3n) is 4.92. The molecule has 1 aliphatic heterocycles. The van der Waals surface area contributed by atoms with Gasteiger partial charge in [-0.3, -0.25) is 9.78 Å². The number of pyridine rings is 1. The Hall–Kier alpha value is -2.95. The number of benzene rings is 1. The van der Waals surface area contributed by atoms with Crippen molar-refractivity contribution in [1.82, 2.24) is 19.9 Å². The first-order valence-corrected chi connectivity index (χ1v) is 9.06. The van der Waals surface area contributed by atoms with Crippen LogP contribution in [0.5, 0.6) is 0 Å². The molecule has 1 aliphatic rings. The number of likely N-dealkylation sites (tertiary alicyclic amines) is 1. The van der Waals surface area contributed by atoms with Crippen molar-refractivity contribution >= 4 is 5.91 Å². The average molecular weight is 346 g/mol. The molecule has 2 aromatic heterocycles. The molecule has 1 amide bonds. The van der Waals surface area contributed by atoms with Crippen molar-refractivity contribution in [2.24, 2.45) is 0 Å². The molecule has 0 radical (unpaired) electrons. The topological polar surface area (TPSA) is 61.9 Å². The van der Waals surface area contributed by atoms with Crippen LogP contribution < -0.4 is 0 Å². The van der Waals surface area contributed by atoms with Gasteiger partial charge in [0, 0.05) is 23.9 Å². The summed E-state index contributed by atoms with van der Waals surface area (Å²) in [5.74, 6) is 0.932. The number of imidazole rings is 1. The Morgan fingerprint density at radius 1 is 1.15 bits per heavy atom. The van der Waals surface area contributed by atoms with Gasteiger partial charge in [0.15, 0.2) is 0 Å². The standard InChI is InChI=1S/C21H22N4O/c1-15-23-14-19(24-15)16-7-6-8-17(13-16)21(26)25-12-5-3-10-20(25)18-9-2-4-11-22-18/h2,4,6-9,11,13-14,20H,3,5,10,12H2,1H3,(H,23,24)/t20-/m0/s1. The van der Waals surface area contributed by atoms with Crippen molar-refractivity contribution in [3.05, 3.63) is 71.9 Å². The summed E-state index contributed by atoms with van der Waals surface area (Å²) in [5.41, 5.74) is 3.58. The first-order valence-electron chi connectivity index (χ1n) is 9.06. The second-order valence-electron chi connectivity index (χ2n) is 6.73. The summed E-state index contributed by atoms with van der Waals surface area (Å²) in [6.07, 6.45) is 6.72. The van der Waals surface area contributed by atoms with E-state index < -0.39 is 0 Å². The number of H-pyrrole nitrogens is 1. The molecule has 0 aliphatic carbocycles. The number of aryl methyl sites for hydroxylation is 1. The average Bonchev–Trinajstić information content (AvgIpc) is 3.15. The van der Waals surface area contributed by atoms with Gasteiger partial charge in [0.05, 0.1) is 23.6 Å². The molecule has 1 N–H and O–H groups in total. The minimum absolute atomic E-state index is 0.0514. The number of rotatable bonds is 3. The molecule has 0 spiro atoms. The molecule has 132 valence electrons. The predicted octanol–water partition coefficient (Wildman–Crippen LogP) is 4.15. The van der Waals surface area contributed by atoms with E-state index in [-0.39, 0.29) is 11.9 Å². The number of nitrogens with zero attached hydrogens (tertiary/aromatic N) is 3. The Kier molecular flexibility index (Phi) is 4.52. The first kappa shape index (κ1) is 16.5. The fourth-order valence-corrected chi connectivity index (χ4v) is 3.61. The molecule has 0 unspecified atom stereocenters. The Balaban J connectivity index is 1.63. The largest absolute Gasteiger partial charge is 0.342 e. The smallest absolute Gasteiger partial charge is 0.254 e. The van der Waals surface area contributed by atoms with Crippen LogP contribution in [0.15, 0.2) is 54.9 Å². The second kappa shape index (κ2) is 7.12. The van der Waals surface area contributed by atoms with E-state index in [1.807, 2.05) is 54.3 Å². The molecule has 4 rings (SSSR count). The Bertz CT molecular complexity index is 903. The van der Waals surface area contributed by atoms with E-state index in [0.29, 0.717) is 5.56 Å². The van der Waals surface area contributed by atoms with Gasteiger partial charge >= 0.3 is 0 Å². The number of hydrogen-bond acceptors (Lipinski definition) is 3. The second-order valence-corrected chi connectivity index (χ2v) is 6.73. The maximum atomic E-state index is 13.2. The third-order valence-corrected chi connectivity index (χ3v) is 4.92. The highest BCUT2D eigenvalue weighted by atomic mass is 16.2. The van der Waals surface area contributed by atoms with E-state index in [1.54, 1.807) is 12.4 Å². The summed E-state index contributed by atoms with van der Waals surface area (Å²) in [4.78, 5) is 27.2. The Morgan fingerprint density at radius 3 is 2.85 bits per heavy atom. The van der Waals surface area contributed by atoms with Gasteiger partial charge in [-0.25, -0.2) is 4.98 Å². The SMILES string of the molecule is Cc1ncc(-c2cccc(C(=O)N3CCCC[C@H]3c3ccccn3)c2)[nH]1. The number of piperidine rings is 1. The summed E-state index contributed by atoms with van der Waals surface area (Å²) >= 11 is 0. The molecular formula is C21H22N4O. The van der Waals surface area contributed by atoms with Crippen LogP contribution in [0.1, 0.15) is 47.2 Å². The van der Waals surface area contributed by atoms with Crippen LogP contribution in [0.4, 0.5) is 0 Å². The molecule has 1 aromatic carbocycles. The number of carbonyl (C=O) groups excluding carboxylic acids is 1. The lowest BCUT2D eigenvalue weighted by molar-refractivity contribution is 0.0606. The van der Waals surface area contributed by atoms with Crippen LogP contribution >= 0.6 is 0 Å². The maximum absolute atomic E-state index is 13.2. The highest BCUT2D eigenvalue weighted by molar-refractivity contribution is 5.95. The van der Waals surface area contributed by atoms with Gasteiger partial charge in [0.25, 0.3) is 5.91 Å². The summed E-state index contributed by atoms with van der Waals surface area (Å²) in [7, 11) is 0.